The van der Waals surface area contributed by atoms with Gasteiger partial charge < -0.3 is 19.3 Å². The summed E-state index contributed by atoms with van der Waals surface area (Å²) < 4.78 is 14.0. The molecule has 0 aromatic carbocycles. The van der Waals surface area contributed by atoms with Gasteiger partial charge >= 0.3 is 11.9 Å². The van der Waals surface area contributed by atoms with E-state index in [2.05, 4.69) is 4.74 Å². The Morgan fingerprint density at radius 3 is 2.44 bits per heavy atom. The number of aliphatic hydroxyl groups excluding tert-OH is 1. The fourth-order valence-corrected chi connectivity index (χ4v) is 0.905. The molecule has 0 aliphatic rings. The summed E-state index contributed by atoms with van der Waals surface area (Å²) in [7, 11) is 0. The summed E-state index contributed by atoms with van der Waals surface area (Å²) in [6.45, 7) is 1.50. The van der Waals surface area contributed by atoms with Crippen LogP contribution in [0.3, 0.4) is 0 Å². The molecule has 0 radical (unpaired) electrons. The largest absolute Gasteiger partial charge is 0.439 e. The first-order valence-electron chi connectivity index (χ1n) is 5.20. The Morgan fingerprint density at radius 2 is 1.81 bits per heavy atom. The van der Waals surface area contributed by atoms with Gasteiger partial charge in [-0.3, -0.25) is 9.59 Å². The number of carbonyl (C=O) groups is 2. The molecule has 0 atom stereocenters. The third-order valence-electron chi connectivity index (χ3n) is 1.65. The molecule has 0 saturated carbocycles. The maximum atomic E-state index is 10.9. The molecule has 0 amide bonds. The number of hydrogen-bond donors (Lipinski definition) is 1. The Morgan fingerprint density at radius 1 is 1.12 bits per heavy atom. The van der Waals surface area contributed by atoms with Crippen molar-refractivity contribution in [2.75, 3.05) is 20.2 Å². The molecule has 0 spiro atoms. The van der Waals surface area contributed by atoms with E-state index >= 15 is 0 Å². The summed E-state index contributed by atoms with van der Waals surface area (Å²) in [6, 6.07) is 0. The van der Waals surface area contributed by atoms with E-state index < -0.39 is 12.8 Å². The van der Waals surface area contributed by atoms with Crippen LogP contribution in [0, 0.1) is 0 Å². The standard InChI is InChI=1S/C10H18O6/c1-2-4-9(12)16-8-14-6-3-5-10(13)15-7-11/h11H,2-8H2,1H3. The molecular formula is C10H18O6. The van der Waals surface area contributed by atoms with Gasteiger partial charge in [-0.15, -0.1) is 0 Å². The minimum atomic E-state index is -0.603. The molecule has 94 valence electrons. The molecule has 0 heterocycles. The van der Waals surface area contributed by atoms with E-state index in [-0.39, 0.29) is 19.2 Å². The van der Waals surface area contributed by atoms with Crippen LogP contribution in [-0.4, -0.2) is 37.2 Å². The molecular weight excluding hydrogens is 216 g/mol. The maximum Gasteiger partial charge on any atom is 0.307 e. The zero-order valence-corrected chi connectivity index (χ0v) is 9.44. The van der Waals surface area contributed by atoms with Gasteiger partial charge in [0.1, 0.15) is 0 Å². The van der Waals surface area contributed by atoms with E-state index in [1.807, 2.05) is 6.92 Å². The number of esters is 2. The second-order valence-corrected chi connectivity index (χ2v) is 3.04. The summed E-state index contributed by atoms with van der Waals surface area (Å²) in [5.74, 6) is -0.767. The monoisotopic (exact) mass is 234 g/mol. The van der Waals surface area contributed by atoms with Gasteiger partial charge in [-0.1, -0.05) is 6.92 Å². The van der Waals surface area contributed by atoms with Gasteiger partial charge in [0.25, 0.3) is 0 Å². The number of ether oxygens (including phenoxy) is 3. The molecule has 0 unspecified atom stereocenters. The summed E-state index contributed by atoms with van der Waals surface area (Å²) >= 11 is 0. The predicted molar refractivity (Wildman–Crippen MR) is 54.2 cm³/mol. The normalized spacial score (nSPS) is 9.88. The molecule has 1 N–H and O–H groups in total. The second kappa shape index (κ2) is 10.4. The highest BCUT2D eigenvalue weighted by molar-refractivity contribution is 5.69. The SMILES string of the molecule is CCCC(=O)OCOCCCC(=O)OCO. The average Bonchev–Trinajstić information content (AvgIpc) is 2.24. The van der Waals surface area contributed by atoms with Crippen LogP contribution >= 0.6 is 0 Å². The fourth-order valence-electron chi connectivity index (χ4n) is 0.905. The summed E-state index contributed by atoms with van der Waals surface area (Å²) in [4.78, 5) is 21.6. The van der Waals surface area contributed by atoms with E-state index in [1.165, 1.54) is 0 Å². The third-order valence-corrected chi connectivity index (χ3v) is 1.65. The van der Waals surface area contributed by atoms with Gasteiger partial charge in [-0.2, -0.15) is 0 Å². The summed E-state index contributed by atoms with van der Waals surface area (Å²) in [5, 5.41) is 8.26. The van der Waals surface area contributed by atoms with E-state index in [0.717, 1.165) is 6.42 Å². The molecule has 0 bridgehead atoms. The molecule has 0 saturated heterocycles. The van der Waals surface area contributed by atoms with Gasteiger partial charge in [0.15, 0.2) is 13.6 Å². The van der Waals surface area contributed by atoms with E-state index in [9.17, 15) is 9.59 Å². The Balaban J connectivity index is 3.21. The van der Waals surface area contributed by atoms with E-state index in [1.54, 1.807) is 0 Å². The first kappa shape index (κ1) is 14.9. The van der Waals surface area contributed by atoms with Crippen molar-refractivity contribution in [1.29, 1.82) is 0 Å². The number of rotatable bonds is 9. The molecule has 16 heavy (non-hydrogen) atoms. The van der Waals surface area contributed by atoms with E-state index in [4.69, 9.17) is 14.6 Å². The molecule has 6 heteroatoms. The van der Waals surface area contributed by atoms with Crippen LogP contribution in [-0.2, 0) is 23.8 Å². The minimum Gasteiger partial charge on any atom is -0.439 e. The van der Waals surface area contributed by atoms with Crippen LogP contribution in [0.4, 0.5) is 0 Å². The van der Waals surface area contributed by atoms with Crippen molar-refractivity contribution < 1.29 is 28.9 Å². The quantitative estimate of drug-likeness (QED) is 0.357. The lowest BCUT2D eigenvalue weighted by molar-refractivity contribution is -0.158. The molecule has 0 aliphatic heterocycles. The highest BCUT2D eigenvalue weighted by atomic mass is 16.7. The maximum absolute atomic E-state index is 10.9. The Bertz CT molecular complexity index is 181. The van der Waals surface area contributed by atoms with Crippen LogP contribution in [0.15, 0.2) is 0 Å². The minimum absolute atomic E-state index is 0.0894. The molecule has 0 fully saturated rings. The second-order valence-electron chi connectivity index (χ2n) is 3.04. The zero-order chi connectivity index (χ0) is 12.2. The molecule has 6 nitrogen and oxygen atoms in total. The summed E-state index contributed by atoms with van der Waals surface area (Å²) in [6.07, 6.45) is 1.76. The van der Waals surface area contributed by atoms with Gasteiger partial charge in [-0.25, -0.2) is 0 Å². The third kappa shape index (κ3) is 9.42. The van der Waals surface area contributed by atoms with Crippen molar-refractivity contribution in [2.45, 2.75) is 32.6 Å². The number of hydrogen-bond acceptors (Lipinski definition) is 6. The van der Waals surface area contributed by atoms with Crippen LogP contribution in [0.2, 0.25) is 0 Å². The topological polar surface area (TPSA) is 82.1 Å². The van der Waals surface area contributed by atoms with Crippen LogP contribution in [0.25, 0.3) is 0 Å². The number of aliphatic hydroxyl groups is 1. The van der Waals surface area contributed by atoms with Gasteiger partial charge in [-0.05, 0) is 12.8 Å². The van der Waals surface area contributed by atoms with Crippen molar-refractivity contribution >= 4 is 11.9 Å². The first-order valence-corrected chi connectivity index (χ1v) is 5.20. The molecule has 0 aromatic rings. The Kier molecular flexibility index (Phi) is 9.64. The van der Waals surface area contributed by atoms with Gasteiger partial charge in [0, 0.05) is 12.8 Å². The van der Waals surface area contributed by atoms with Crippen molar-refractivity contribution in [3.63, 3.8) is 0 Å². The lowest BCUT2D eigenvalue weighted by atomic mass is 10.3. The van der Waals surface area contributed by atoms with Crippen molar-refractivity contribution in [3.05, 3.63) is 0 Å². The lowest BCUT2D eigenvalue weighted by Gasteiger charge is -2.05. The van der Waals surface area contributed by atoms with Crippen molar-refractivity contribution in [2.24, 2.45) is 0 Å². The van der Waals surface area contributed by atoms with Crippen LogP contribution in [0.1, 0.15) is 32.6 Å². The smallest absolute Gasteiger partial charge is 0.307 e. The highest BCUT2D eigenvalue weighted by Crippen LogP contribution is 1.95. The lowest BCUT2D eigenvalue weighted by Crippen LogP contribution is -2.10. The Hall–Kier alpha value is -1.14. The van der Waals surface area contributed by atoms with Crippen LogP contribution < -0.4 is 0 Å². The fraction of sp³-hybridized carbons (Fsp3) is 0.800. The highest BCUT2D eigenvalue weighted by Gasteiger charge is 2.02. The molecule has 0 aromatic heterocycles. The molecule has 0 aliphatic carbocycles. The summed E-state index contributed by atoms with van der Waals surface area (Å²) in [5.41, 5.74) is 0. The molecule has 0 rings (SSSR count). The van der Waals surface area contributed by atoms with Crippen molar-refractivity contribution in [3.8, 4) is 0 Å². The Labute approximate surface area is 94.5 Å². The zero-order valence-electron chi connectivity index (χ0n) is 9.44. The average molecular weight is 234 g/mol. The van der Waals surface area contributed by atoms with Crippen molar-refractivity contribution in [1.82, 2.24) is 0 Å². The predicted octanol–water partition coefficient (Wildman–Crippen LogP) is 0.577. The van der Waals surface area contributed by atoms with E-state index in [0.29, 0.717) is 19.4 Å². The first-order chi connectivity index (χ1) is 7.70. The van der Waals surface area contributed by atoms with Gasteiger partial charge in [0.2, 0.25) is 0 Å². The van der Waals surface area contributed by atoms with Gasteiger partial charge in [0.05, 0.1) is 6.61 Å². The van der Waals surface area contributed by atoms with Crippen LogP contribution in [0.5, 0.6) is 0 Å². The number of carbonyl (C=O) groups excluding carboxylic acids is 2.